The summed E-state index contributed by atoms with van der Waals surface area (Å²) >= 11 is 0. The first-order chi connectivity index (χ1) is 7.85. The van der Waals surface area contributed by atoms with Crippen LogP contribution in [-0.2, 0) is 0 Å². The first-order valence-electron chi connectivity index (χ1n) is 4.99. The molecule has 16 heavy (non-hydrogen) atoms. The summed E-state index contributed by atoms with van der Waals surface area (Å²) in [5.74, 6) is 0.615. The fourth-order valence-corrected chi connectivity index (χ4v) is 1.51. The van der Waals surface area contributed by atoms with E-state index in [1.807, 2.05) is 36.4 Å². The van der Waals surface area contributed by atoms with Crippen molar-refractivity contribution in [2.45, 2.75) is 0 Å². The van der Waals surface area contributed by atoms with Gasteiger partial charge in [-0.2, -0.15) is 5.26 Å². The highest BCUT2D eigenvalue weighted by molar-refractivity contribution is 5.64. The summed E-state index contributed by atoms with van der Waals surface area (Å²) in [6.07, 6.45) is 0. The molecule has 2 rings (SSSR count). The molecule has 0 fully saturated rings. The lowest BCUT2D eigenvalue weighted by molar-refractivity contribution is 1.27. The lowest BCUT2D eigenvalue weighted by Gasteiger charge is -2.05. The maximum atomic E-state index is 8.88. The zero-order chi connectivity index (χ0) is 11.4. The number of nitriles is 1. The smallest absolute Gasteiger partial charge is 0.144 e. The standard InChI is InChI=1S/C13H11N3/c1-15-13-11(9-14)7-8-12(16-13)10-5-3-2-4-6-10/h2-8H,1H3,(H,15,16). The van der Waals surface area contributed by atoms with Crippen LogP contribution in [0.2, 0.25) is 0 Å². The Bertz CT molecular complexity index is 527. The van der Waals surface area contributed by atoms with Crippen molar-refractivity contribution in [3.8, 4) is 17.3 Å². The minimum Gasteiger partial charge on any atom is -0.372 e. The van der Waals surface area contributed by atoms with Gasteiger partial charge in [0.1, 0.15) is 11.9 Å². The molecule has 0 aliphatic rings. The van der Waals surface area contributed by atoms with Crippen LogP contribution in [0.25, 0.3) is 11.3 Å². The Morgan fingerprint density at radius 1 is 1.12 bits per heavy atom. The number of aromatic nitrogens is 1. The summed E-state index contributed by atoms with van der Waals surface area (Å²) in [7, 11) is 1.76. The molecule has 0 aliphatic carbocycles. The normalized spacial score (nSPS) is 9.50. The highest BCUT2D eigenvalue weighted by Gasteiger charge is 2.04. The minimum atomic E-state index is 0.558. The van der Waals surface area contributed by atoms with Crippen LogP contribution in [0.3, 0.4) is 0 Å². The number of hydrogen-bond acceptors (Lipinski definition) is 3. The van der Waals surface area contributed by atoms with Crippen molar-refractivity contribution < 1.29 is 0 Å². The van der Waals surface area contributed by atoms with Gasteiger partial charge >= 0.3 is 0 Å². The predicted octanol–water partition coefficient (Wildman–Crippen LogP) is 2.66. The van der Waals surface area contributed by atoms with Gasteiger partial charge in [-0.05, 0) is 12.1 Å². The SMILES string of the molecule is CNc1nc(-c2ccccc2)ccc1C#N. The van der Waals surface area contributed by atoms with Gasteiger partial charge in [-0.3, -0.25) is 0 Å². The second kappa shape index (κ2) is 4.45. The van der Waals surface area contributed by atoms with Crippen molar-refractivity contribution in [2.24, 2.45) is 0 Å². The molecule has 1 aromatic heterocycles. The quantitative estimate of drug-likeness (QED) is 0.827. The predicted molar refractivity (Wildman–Crippen MR) is 63.9 cm³/mol. The zero-order valence-electron chi connectivity index (χ0n) is 8.94. The Morgan fingerprint density at radius 3 is 2.50 bits per heavy atom. The molecule has 1 heterocycles. The molecule has 0 atom stereocenters. The summed E-state index contributed by atoms with van der Waals surface area (Å²) in [6.45, 7) is 0. The maximum absolute atomic E-state index is 8.88. The van der Waals surface area contributed by atoms with E-state index in [-0.39, 0.29) is 0 Å². The molecule has 0 unspecified atom stereocenters. The van der Waals surface area contributed by atoms with Gasteiger partial charge in [0.25, 0.3) is 0 Å². The van der Waals surface area contributed by atoms with Gasteiger partial charge in [0.05, 0.1) is 11.3 Å². The number of rotatable bonds is 2. The van der Waals surface area contributed by atoms with Crippen LogP contribution in [-0.4, -0.2) is 12.0 Å². The molecular weight excluding hydrogens is 198 g/mol. The average molecular weight is 209 g/mol. The van der Waals surface area contributed by atoms with Gasteiger partial charge < -0.3 is 5.32 Å². The van der Waals surface area contributed by atoms with Crippen LogP contribution < -0.4 is 5.32 Å². The summed E-state index contributed by atoms with van der Waals surface area (Å²) in [6, 6.07) is 15.6. The third-order valence-corrected chi connectivity index (χ3v) is 2.32. The molecule has 1 aromatic carbocycles. The monoisotopic (exact) mass is 209 g/mol. The van der Waals surface area contributed by atoms with Gasteiger partial charge in [0.15, 0.2) is 0 Å². The van der Waals surface area contributed by atoms with Crippen molar-refractivity contribution in [3.05, 3.63) is 48.0 Å². The van der Waals surface area contributed by atoms with E-state index in [4.69, 9.17) is 5.26 Å². The Morgan fingerprint density at radius 2 is 1.88 bits per heavy atom. The Hall–Kier alpha value is -2.34. The van der Waals surface area contributed by atoms with Crippen LogP contribution >= 0.6 is 0 Å². The highest BCUT2D eigenvalue weighted by atomic mass is 15.0. The molecule has 3 nitrogen and oxygen atoms in total. The molecule has 0 saturated heterocycles. The molecule has 0 bridgehead atoms. The lowest BCUT2D eigenvalue weighted by Crippen LogP contribution is -1.97. The van der Waals surface area contributed by atoms with E-state index >= 15 is 0 Å². The summed E-state index contributed by atoms with van der Waals surface area (Å²) in [5, 5.41) is 11.8. The van der Waals surface area contributed by atoms with Crippen LogP contribution in [0.4, 0.5) is 5.82 Å². The van der Waals surface area contributed by atoms with E-state index in [9.17, 15) is 0 Å². The van der Waals surface area contributed by atoms with Crippen molar-refractivity contribution in [2.75, 3.05) is 12.4 Å². The number of pyridine rings is 1. The van der Waals surface area contributed by atoms with Gasteiger partial charge in [0, 0.05) is 12.6 Å². The summed E-state index contributed by atoms with van der Waals surface area (Å²) < 4.78 is 0. The molecule has 78 valence electrons. The van der Waals surface area contributed by atoms with Crippen molar-refractivity contribution in [1.29, 1.82) is 5.26 Å². The molecule has 1 N–H and O–H groups in total. The molecule has 0 aliphatic heterocycles. The van der Waals surface area contributed by atoms with Gasteiger partial charge in [-0.1, -0.05) is 30.3 Å². The minimum absolute atomic E-state index is 0.558. The molecular formula is C13H11N3. The van der Waals surface area contributed by atoms with E-state index in [0.29, 0.717) is 11.4 Å². The van der Waals surface area contributed by atoms with Crippen LogP contribution in [0.15, 0.2) is 42.5 Å². The third kappa shape index (κ3) is 1.86. The largest absolute Gasteiger partial charge is 0.372 e. The Kier molecular flexibility index (Phi) is 2.84. The maximum Gasteiger partial charge on any atom is 0.144 e. The fraction of sp³-hybridized carbons (Fsp3) is 0.0769. The number of benzene rings is 1. The second-order valence-electron chi connectivity index (χ2n) is 3.32. The molecule has 0 spiro atoms. The summed E-state index contributed by atoms with van der Waals surface area (Å²) in [4.78, 5) is 4.40. The number of nitrogens with one attached hydrogen (secondary N) is 1. The Balaban J connectivity index is 2.49. The van der Waals surface area contributed by atoms with Crippen LogP contribution in [0.1, 0.15) is 5.56 Å². The van der Waals surface area contributed by atoms with E-state index in [0.717, 1.165) is 11.3 Å². The van der Waals surface area contributed by atoms with Gasteiger partial charge in [0.2, 0.25) is 0 Å². The molecule has 2 aromatic rings. The third-order valence-electron chi connectivity index (χ3n) is 2.32. The van der Waals surface area contributed by atoms with Crippen LogP contribution in [0.5, 0.6) is 0 Å². The molecule has 3 heteroatoms. The van der Waals surface area contributed by atoms with E-state index in [2.05, 4.69) is 16.4 Å². The van der Waals surface area contributed by atoms with Crippen LogP contribution in [0, 0.1) is 11.3 Å². The topological polar surface area (TPSA) is 48.7 Å². The molecule has 0 radical (unpaired) electrons. The molecule has 0 saturated carbocycles. The number of anilines is 1. The van der Waals surface area contributed by atoms with Crippen molar-refractivity contribution >= 4 is 5.82 Å². The number of nitrogens with zero attached hydrogens (tertiary/aromatic N) is 2. The average Bonchev–Trinajstić information content (AvgIpc) is 2.39. The van der Waals surface area contributed by atoms with E-state index in [1.165, 1.54) is 0 Å². The van der Waals surface area contributed by atoms with Gasteiger partial charge in [-0.15, -0.1) is 0 Å². The molecule has 0 amide bonds. The van der Waals surface area contributed by atoms with E-state index < -0.39 is 0 Å². The first kappa shape index (κ1) is 10.2. The van der Waals surface area contributed by atoms with Crippen molar-refractivity contribution in [1.82, 2.24) is 4.98 Å². The van der Waals surface area contributed by atoms with Gasteiger partial charge in [-0.25, -0.2) is 4.98 Å². The second-order valence-corrected chi connectivity index (χ2v) is 3.32. The highest BCUT2D eigenvalue weighted by Crippen LogP contribution is 2.20. The van der Waals surface area contributed by atoms with Crippen molar-refractivity contribution in [3.63, 3.8) is 0 Å². The van der Waals surface area contributed by atoms with E-state index in [1.54, 1.807) is 13.1 Å². The summed E-state index contributed by atoms with van der Waals surface area (Å²) in [5.41, 5.74) is 2.47. The zero-order valence-corrected chi connectivity index (χ0v) is 8.94. The first-order valence-corrected chi connectivity index (χ1v) is 4.99. The lowest BCUT2D eigenvalue weighted by atomic mass is 10.1. The number of hydrogen-bond donors (Lipinski definition) is 1. The Labute approximate surface area is 94.4 Å². The fourth-order valence-electron chi connectivity index (χ4n) is 1.51.